The van der Waals surface area contributed by atoms with Crippen molar-refractivity contribution in [2.24, 2.45) is 11.3 Å². The Bertz CT molecular complexity index is 720. The Balaban J connectivity index is 2.15. The van der Waals surface area contributed by atoms with E-state index in [0.717, 1.165) is 5.56 Å². The Morgan fingerprint density at radius 1 is 1.28 bits per heavy atom. The van der Waals surface area contributed by atoms with Crippen LogP contribution in [0.25, 0.3) is 0 Å². The van der Waals surface area contributed by atoms with Gasteiger partial charge in [-0.1, -0.05) is 51.4 Å². The highest BCUT2D eigenvalue weighted by Crippen LogP contribution is 2.46. The number of likely N-dealkylation sites (tertiary alicyclic amines) is 1. The summed E-state index contributed by atoms with van der Waals surface area (Å²) in [4.78, 5) is 27.1. The summed E-state index contributed by atoms with van der Waals surface area (Å²) in [6, 6.07) is 6.62. The van der Waals surface area contributed by atoms with Gasteiger partial charge < -0.3 is 20.1 Å². The molecule has 1 saturated heterocycles. The summed E-state index contributed by atoms with van der Waals surface area (Å²) in [5.74, 6) is -0.362. The maximum Gasteiger partial charge on any atom is 0.245 e. The molecule has 0 bridgehead atoms. The fourth-order valence-electron chi connectivity index (χ4n) is 3.92. The molecule has 2 amide bonds. The molecule has 2 atom stereocenters. The number of carbonyl (C=O) groups is 2. The molecule has 0 aliphatic carbocycles. The van der Waals surface area contributed by atoms with Crippen LogP contribution in [-0.2, 0) is 19.9 Å². The highest BCUT2D eigenvalue weighted by atomic mass is 35.5. The fourth-order valence-corrected chi connectivity index (χ4v) is 4.05. The molecule has 2 rings (SSSR count). The minimum Gasteiger partial charge on any atom is -0.384 e. The number of piperidine rings is 1. The molecule has 162 valence electrons. The number of benzene rings is 1. The topological polar surface area (TPSA) is 78.9 Å². The van der Waals surface area contributed by atoms with E-state index < -0.39 is 17.1 Å². The maximum absolute atomic E-state index is 13.2. The summed E-state index contributed by atoms with van der Waals surface area (Å²) in [5.41, 5.74) is -0.841. The van der Waals surface area contributed by atoms with Crippen molar-refractivity contribution in [3.8, 4) is 0 Å². The maximum atomic E-state index is 13.2. The van der Waals surface area contributed by atoms with Crippen LogP contribution < -0.4 is 5.32 Å². The predicted octanol–water partition coefficient (Wildman–Crippen LogP) is 2.96. The van der Waals surface area contributed by atoms with Gasteiger partial charge in [0.25, 0.3) is 0 Å². The number of hydrogen-bond donors (Lipinski definition) is 2. The van der Waals surface area contributed by atoms with Crippen LogP contribution in [0.4, 0.5) is 0 Å². The van der Waals surface area contributed by atoms with Crippen molar-refractivity contribution >= 4 is 23.4 Å². The number of nitrogens with one attached hydrogen (secondary N) is 1. The lowest BCUT2D eigenvalue weighted by Gasteiger charge is -2.51. The van der Waals surface area contributed by atoms with Crippen molar-refractivity contribution in [3.05, 3.63) is 34.9 Å². The van der Waals surface area contributed by atoms with Crippen molar-refractivity contribution < 1.29 is 19.4 Å². The van der Waals surface area contributed by atoms with Gasteiger partial charge in [-0.25, -0.2) is 0 Å². The van der Waals surface area contributed by atoms with Crippen molar-refractivity contribution in [3.63, 3.8) is 0 Å². The number of nitrogens with zero attached hydrogens (tertiary/aromatic N) is 1. The Labute approximate surface area is 178 Å². The number of ether oxygens (including phenoxy) is 1. The zero-order chi connectivity index (χ0) is 21.8. The Morgan fingerprint density at radius 3 is 2.41 bits per heavy atom. The lowest BCUT2D eigenvalue weighted by molar-refractivity contribution is -0.156. The van der Waals surface area contributed by atoms with Crippen LogP contribution in [0.5, 0.6) is 0 Å². The molecule has 1 aromatic rings. The number of halogens is 1. The van der Waals surface area contributed by atoms with Crippen LogP contribution in [0.1, 0.15) is 46.1 Å². The van der Waals surface area contributed by atoms with Crippen LogP contribution in [0, 0.1) is 11.3 Å². The zero-order valence-corrected chi connectivity index (χ0v) is 18.8. The van der Waals surface area contributed by atoms with Gasteiger partial charge in [-0.3, -0.25) is 9.59 Å². The Kier molecular flexibility index (Phi) is 7.71. The summed E-state index contributed by atoms with van der Waals surface area (Å²) >= 11 is 5.99. The third-order valence-electron chi connectivity index (χ3n) is 5.87. The lowest BCUT2D eigenvalue weighted by atomic mass is 9.66. The second-order valence-corrected chi connectivity index (χ2v) is 9.23. The number of aliphatic hydroxyl groups is 1. The predicted molar refractivity (Wildman–Crippen MR) is 114 cm³/mol. The van der Waals surface area contributed by atoms with E-state index in [4.69, 9.17) is 16.3 Å². The van der Waals surface area contributed by atoms with Gasteiger partial charge in [0.15, 0.2) is 0 Å². The summed E-state index contributed by atoms with van der Waals surface area (Å²) < 4.78 is 4.94. The molecule has 7 heteroatoms. The standard InChI is InChI=1S/C22H33ClN2O4/c1-15(2)19(24-18(26)10-13-29-5)20(27)25-12-11-22(28,21(3,4)14-25)16-6-8-17(23)9-7-16/h6-9,15,19,28H,10-14H2,1-5H3,(H,24,26)/t19-,22+/m1/s1. The summed E-state index contributed by atoms with van der Waals surface area (Å²) in [7, 11) is 1.54. The molecule has 0 unspecified atom stereocenters. The Morgan fingerprint density at radius 2 is 1.90 bits per heavy atom. The third-order valence-corrected chi connectivity index (χ3v) is 6.12. The van der Waals surface area contributed by atoms with Crippen molar-refractivity contribution in [2.75, 3.05) is 26.8 Å². The minimum atomic E-state index is -1.07. The van der Waals surface area contributed by atoms with E-state index in [0.29, 0.717) is 31.1 Å². The molecule has 0 aromatic heterocycles. The molecule has 1 aliphatic heterocycles. The second-order valence-electron chi connectivity index (χ2n) is 8.79. The summed E-state index contributed by atoms with van der Waals surface area (Å²) in [5, 5.41) is 15.0. The van der Waals surface area contributed by atoms with Gasteiger partial charge in [-0.2, -0.15) is 0 Å². The van der Waals surface area contributed by atoms with Crippen LogP contribution >= 0.6 is 11.6 Å². The SMILES string of the molecule is COCCC(=O)N[C@@H](C(=O)N1CC[C@](O)(c2ccc(Cl)cc2)C(C)(C)C1)C(C)C. The molecular formula is C22H33ClN2O4. The van der Waals surface area contributed by atoms with E-state index in [-0.39, 0.29) is 24.2 Å². The van der Waals surface area contributed by atoms with Gasteiger partial charge >= 0.3 is 0 Å². The third kappa shape index (κ3) is 5.30. The summed E-state index contributed by atoms with van der Waals surface area (Å²) in [6.45, 7) is 8.87. The average Bonchev–Trinajstić information content (AvgIpc) is 2.66. The molecule has 0 radical (unpaired) electrons. The van der Waals surface area contributed by atoms with E-state index in [9.17, 15) is 14.7 Å². The number of amides is 2. The Hall–Kier alpha value is -1.63. The van der Waals surface area contributed by atoms with Crippen LogP contribution in [0.15, 0.2) is 24.3 Å². The van der Waals surface area contributed by atoms with E-state index in [2.05, 4.69) is 5.32 Å². The van der Waals surface area contributed by atoms with Crippen molar-refractivity contribution in [1.82, 2.24) is 10.2 Å². The smallest absolute Gasteiger partial charge is 0.245 e. The normalized spacial score (nSPS) is 22.4. The van der Waals surface area contributed by atoms with Crippen molar-refractivity contribution in [2.45, 2.75) is 52.2 Å². The van der Waals surface area contributed by atoms with Gasteiger partial charge in [0.05, 0.1) is 12.2 Å². The van der Waals surface area contributed by atoms with Gasteiger partial charge in [0.2, 0.25) is 11.8 Å². The average molecular weight is 425 g/mol. The first-order chi connectivity index (χ1) is 13.5. The quantitative estimate of drug-likeness (QED) is 0.705. The van der Waals surface area contributed by atoms with Gasteiger partial charge in [-0.05, 0) is 30.0 Å². The molecule has 1 fully saturated rings. The number of carbonyl (C=O) groups excluding carboxylic acids is 2. The van der Waals surface area contributed by atoms with Crippen LogP contribution in [0.3, 0.4) is 0 Å². The van der Waals surface area contributed by atoms with Gasteiger partial charge in [-0.15, -0.1) is 0 Å². The lowest BCUT2D eigenvalue weighted by Crippen LogP contribution is -2.60. The molecule has 1 heterocycles. The molecule has 1 aromatic carbocycles. The molecule has 29 heavy (non-hydrogen) atoms. The first-order valence-corrected chi connectivity index (χ1v) is 10.4. The zero-order valence-electron chi connectivity index (χ0n) is 18.0. The molecule has 0 saturated carbocycles. The largest absolute Gasteiger partial charge is 0.384 e. The van der Waals surface area contributed by atoms with E-state index in [1.54, 1.807) is 17.0 Å². The fraction of sp³-hybridized carbons (Fsp3) is 0.636. The van der Waals surface area contributed by atoms with E-state index in [1.807, 2.05) is 39.8 Å². The number of methoxy groups -OCH3 is 1. The second kappa shape index (κ2) is 9.45. The summed E-state index contributed by atoms with van der Waals surface area (Å²) in [6.07, 6.45) is 0.630. The number of rotatable bonds is 7. The highest BCUT2D eigenvalue weighted by Gasteiger charge is 2.50. The van der Waals surface area contributed by atoms with E-state index in [1.165, 1.54) is 7.11 Å². The van der Waals surface area contributed by atoms with E-state index >= 15 is 0 Å². The van der Waals surface area contributed by atoms with Crippen LogP contribution in [0.2, 0.25) is 5.02 Å². The first kappa shape index (κ1) is 23.6. The molecular weight excluding hydrogens is 392 g/mol. The van der Waals surface area contributed by atoms with Gasteiger partial charge in [0, 0.05) is 37.1 Å². The van der Waals surface area contributed by atoms with Crippen molar-refractivity contribution in [1.29, 1.82) is 0 Å². The van der Waals surface area contributed by atoms with Crippen LogP contribution in [-0.4, -0.2) is 54.7 Å². The first-order valence-electron chi connectivity index (χ1n) is 10.1. The molecule has 2 N–H and O–H groups in total. The minimum absolute atomic E-state index is 0.0471. The molecule has 0 spiro atoms. The number of hydrogen-bond acceptors (Lipinski definition) is 4. The molecule has 1 aliphatic rings. The monoisotopic (exact) mass is 424 g/mol. The van der Waals surface area contributed by atoms with Gasteiger partial charge in [0.1, 0.15) is 6.04 Å². The molecule has 6 nitrogen and oxygen atoms in total. The highest BCUT2D eigenvalue weighted by molar-refractivity contribution is 6.30.